The van der Waals surface area contributed by atoms with Gasteiger partial charge in [0.2, 0.25) is 5.91 Å². The summed E-state index contributed by atoms with van der Waals surface area (Å²) in [6, 6.07) is 11.1. The van der Waals surface area contributed by atoms with E-state index in [1.165, 1.54) is 19.2 Å². The zero-order valence-corrected chi connectivity index (χ0v) is 16.5. The number of carbonyl (C=O) groups excluding carboxylic acids is 1. The molecule has 0 fully saturated rings. The normalized spacial score (nSPS) is 12.5. The summed E-state index contributed by atoms with van der Waals surface area (Å²) in [5.74, 6) is -0.476. The van der Waals surface area contributed by atoms with Crippen molar-refractivity contribution in [3.05, 3.63) is 70.1 Å². The molecule has 164 valence electrons. The lowest BCUT2D eigenvalue weighted by Crippen LogP contribution is -2.36. The van der Waals surface area contributed by atoms with Crippen molar-refractivity contribution in [2.45, 2.75) is 18.7 Å². The molecule has 0 aliphatic carbocycles. The molecule has 7 nitrogen and oxygen atoms in total. The number of nitrogens with zero attached hydrogens (tertiary/aromatic N) is 2. The molecule has 1 unspecified atom stereocenters. The van der Waals surface area contributed by atoms with Crippen LogP contribution in [0.2, 0.25) is 0 Å². The van der Waals surface area contributed by atoms with Gasteiger partial charge >= 0.3 is 6.18 Å². The number of nitrogens with one attached hydrogen (secondary N) is 1. The first kappa shape index (κ1) is 22.3. The Labute approximate surface area is 175 Å². The average Bonchev–Trinajstić information content (AvgIpc) is 2.74. The lowest BCUT2D eigenvalue weighted by molar-refractivity contribution is -0.137. The Morgan fingerprint density at radius 3 is 2.61 bits per heavy atom. The Kier molecular flexibility index (Phi) is 6.59. The first-order chi connectivity index (χ1) is 14.6. The largest absolute Gasteiger partial charge is 0.491 e. The fraction of sp³-hybridized carbons (Fsp3) is 0.286. The van der Waals surface area contributed by atoms with Gasteiger partial charge in [-0.25, -0.2) is 4.68 Å². The van der Waals surface area contributed by atoms with Crippen LogP contribution in [-0.4, -0.2) is 40.0 Å². The summed E-state index contributed by atoms with van der Waals surface area (Å²) in [6.45, 7) is -0.468. The van der Waals surface area contributed by atoms with Crippen LogP contribution in [0.4, 0.5) is 13.2 Å². The van der Waals surface area contributed by atoms with Crippen LogP contribution in [0.3, 0.4) is 0 Å². The Morgan fingerprint density at radius 1 is 1.19 bits per heavy atom. The molecule has 0 radical (unpaired) electrons. The van der Waals surface area contributed by atoms with Gasteiger partial charge in [-0.05, 0) is 24.3 Å². The van der Waals surface area contributed by atoms with Gasteiger partial charge in [0.15, 0.2) is 0 Å². The van der Waals surface area contributed by atoms with E-state index in [1.807, 2.05) is 0 Å². The van der Waals surface area contributed by atoms with Crippen molar-refractivity contribution in [2.75, 3.05) is 13.2 Å². The number of hydrogen-bond acceptors (Lipinski definition) is 5. The van der Waals surface area contributed by atoms with Gasteiger partial charge in [0.05, 0.1) is 23.1 Å². The number of carbonyl (C=O) groups is 1. The SMILES string of the molecule is Cn1nc(CC(=O)NCC(O)COc2cccc(C(F)(F)F)c2)c2ccccc2c1=O. The first-order valence-electron chi connectivity index (χ1n) is 9.35. The molecule has 1 amide bonds. The highest BCUT2D eigenvalue weighted by Gasteiger charge is 2.30. The number of fused-ring (bicyclic) bond motifs is 1. The van der Waals surface area contributed by atoms with Crippen LogP contribution in [0.15, 0.2) is 53.3 Å². The highest BCUT2D eigenvalue weighted by molar-refractivity contribution is 5.88. The Hall–Kier alpha value is -3.40. The molecule has 0 saturated heterocycles. The highest BCUT2D eigenvalue weighted by Crippen LogP contribution is 2.31. The van der Waals surface area contributed by atoms with Gasteiger partial charge < -0.3 is 15.2 Å². The van der Waals surface area contributed by atoms with E-state index in [1.54, 1.807) is 24.3 Å². The van der Waals surface area contributed by atoms with E-state index in [0.29, 0.717) is 16.5 Å². The summed E-state index contributed by atoms with van der Waals surface area (Å²) >= 11 is 0. The molecule has 31 heavy (non-hydrogen) atoms. The van der Waals surface area contributed by atoms with E-state index in [0.717, 1.165) is 16.8 Å². The van der Waals surface area contributed by atoms with E-state index < -0.39 is 23.8 Å². The van der Waals surface area contributed by atoms with Crippen molar-refractivity contribution in [1.82, 2.24) is 15.1 Å². The molecule has 0 aliphatic heterocycles. The van der Waals surface area contributed by atoms with Crippen molar-refractivity contribution in [3.8, 4) is 5.75 Å². The van der Waals surface area contributed by atoms with Crippen LogP contribution in [-0.2, 0) is 24.4 Å². The number of aliphatic hydroxyl groups excluding tert-OH is 1. The zero-order chi connectivity index (χ0) is 22.6. The Balaban J connectivity index is 1.55. The van der Waals surface area contributed by atoms with Crippen LogP contribution >= 0.6 is 0 Å². The Bertz CT molecular complexity index is 1140. The lowest BCUT2D eigenvalue weighted by atomic mass is 10.1. The van der Waals surface area contributed by atoms with E-state index in [9.17, 15) is 27.9 Å². The topological polar surface area (TPSA) is 93.5 Å². The van der Waals surface area contributed by atoms with Gasteiger partial charge in [0.1, 0.15) is 18.5 Å². The summed E-state index contributed by atoms with van der Waals surface area (Å²) in [5.41, 5.74) is -0.725. The maximum Gasteiger partial charge on any atom is 0.416 e. The zero-order valence-electron chi connectivity index (χ0n) is 16.5. The molecule has 1 aromatic heterocycles. The number of aryl methyl sites for hydroxylation is 1. The van der Waals surface area contributed by atoms with E-state index >= 15 is 0 Å². The number of aliphatic hydroxyl groups is 1. The van der Waals surface area contributed by atoms with Crippen molar-refractivity contribution in [1.29, 1.82) is 0 Å². The van der Waals surface area contributed by atoms with Crippen LogP contribution in [0.1, 0.15) is 11.3 Å². The summed E-state index contributed by atoms with van der Waals surface area (Å²) < 4.78 is 44.5. The smallest absolute Gasteiger partial charge is 0.416 e. The quantitative estimate of drug-likeness (QED) is 0.593. The summed E-state index contributed by atoms with van der Waals surface area (Å²) in [4.78, 5) is 24.4. The third kappa shape index (κ3) is 5.60. The van der Waals surface area contributed by atoms with Gasteiger partial charge in [-0.3, -0.25) is 9.59 Å². The molecule has 1 atom stereocenters. The minimum atomic E-state index is -4.49. The molecule has 3 aromatic rings. The maximum absolute atomic E-state index is 12.7. The summed E-state index contributed by atoms with van der Waals surface area (Å²) in [5, 5.41) is 17.7. The van der Waals surface area contributed by atoms with Crippen LogP contribution < -0.4 is 15.6 Å². The van der Waals surface area contributed by atoms with Crippen LogP contribution in [0, 0.1) is 0 Å². The highest BCUT2D eigenvalue weighted by atomic mass is 19.4. The maximum atomic E-state index is 12.7. The number of rotatable bonds is 7. The number of aromatic nitrogens is 2. The van der Waals surface area contributed by atoms with Crippen molar-refractivity contribution in [3.63, 3.8) is 0 Å². The second-order valence-corrected chi connectivity index (χ2v) is 6.89. The minimum Gasteiger partial charge on any atom is -0.491 e. The molecule has 0 bridgehead atoms. The minimum absolute atomic E-state index is 0.0407. The number of amides is 1. The number of halogens is 3. The number of ether oxygens (including phenoxy) is 1. The second-order valence-electron chi connectivity index (χ2n) is 6.89. The third-order valence-electron chi connectivity index (χ3n) is 4.50. The van der Waals surface area contributed by atoms with Gasteiger partial charge in [-0.2, -0.15) is 18.3 Å². The summed E-state index contributed by atoms with van der Waals surface area (Å²) in [6.07, 6.45) is -5.75. The molecule has 2 aromatic carbocycles. The first-order valence-corrected chi connectivity index (χ1v) is 9.35. The van der Waals surface area contributed by atoms with Gasteiger partial charge in [0.25, 0.3) is 5.56 Å². The van der Waals surface area contributed by atoms with Crippen molar-refractivity contribution >= 4 is 16.7 Å². The predicted molar refractivity (Wildman–Crippen MR) is 107 cm³/mol. The molecule has 3 rings (SSSR count). The standard InChI is InChI=1S/C21H20F3N3O4/c1-27-20(30)17-8-3-2-7-16(17)18(26-27)10-19(29)25-11-14(28)12-31-15-6-4-5-13(9-15)21(22,23)24/h2-9,14,28H,10-12H2,1H3,(H,25,29). The Morgan fingerprint density at radius 2 is 1.90 bits per heavy atom. The number of alkyl halides is 3. The van der Waals surface area contributed by atoms with Crippen LogP contribution in [0.5, 0.6) is 5.75 Å². The van der Waals surface area contributed by atoms with Gasteiger partial charge in [-0.15, -0.1) is 0 Å². The monoisotopic (exact) mass is 435 g/mol. The molecule has 0 spiro atoms. The molecule has 0 saturated carbocycles. The number of hydrogen-bond donors (Lipinski definition) is 2. The van der Waals surface area contributed by atoms with E-state index in [-0.39, 0.29) is 30.9 Å². The van der Waals surface area contributed by atoms with Crippen LogP contribution in [0.25, 0.3) is 10.8 Å². The molecule has 2 N–H and O–H groups in total. The average molecular weight is 435 g/mol. The molecule has 0 aliphatic rings. The molecule has 1 heterocycles. The fourth-order valence-electron chi connectivity index (χ4n) is 2.97. The van der Waals surface area contributed by atoms with E-state index in [2.05, 4.69) is 10.4 Å². The second kappa shape index (κ2) is 9.17. The van der Waals surface area contributed by atoms with E-state index in [4.69, 9.17) is 4.74 Å². The fourth-order valence-corrected chi connectivity index (χ4v) is 2.97. The lowest BCUT2D eigenvalue weighted by Gasteiger charge is -2.15. The van der Waals surface area contributed by atoms with Crippen molar-refractivity contribution < 1.29 is 27.8 Å². The van der Waals surface area contributed by atoms with Gasteiger partial charge in [0, 0.05) is 19.0 Å². The third-order valence-corrected chi connectivity index (χ3v) is 4.50. The molecule has 10 heteroatoms. The predicted octanol–water partition coefficient (Wildman–Crippen LogP) is 2.05. The summed E-state index contributed by atoms with van der Waals surface area (Å²) in [7, 11) is 1.49. The molecular formula is C21H20F3N3O4. The number of benzene rings is 2. The molecular weight excluding hydrogens is 415 g/mol. The van der Waals surface area contributed by atoms with Gasteiger partial charge in [-0.1, -0.05) is 24.3 Å². The van der Waals surface area contributed by atoms with Crippen molar-refractivity contribution in [2.24, 2.45) is 7.05 Å².